The largest absolute Gasteiger partial charge is 0.504 e. The van der Waals surface area contributed by atoms with Gasteiger partial charge in [0.1, 0.15) is 12.2 Å². The fraction of sp³-hybridized carbons (Fsp3) is 0.312. The zero-order valence-corrected chi connectivity index (χ0v) is 16.3. The number of rotatable bonds is 5. The molecule has 1 fully saturated rings. The zero-order valence-electron chi connectivity index (χ0n) is 13.9. The van der Waals surface area contributed by atoms with Crippen molar-refractivity contribution in [3.05, 3.63) is 27.9 Å². The van der Waals surface area contributed by atoms with Gasteiger partial charge in [-0.25, -0.2) is 0 Å². The van der Waals surface area contributed by atoms with Crippen molar-refractivity contribution in [3.63, 3.8) is 0 Å². The van der Waals surface area contributed by atoms with Gasteiger partial charge in [0.25, 0.3) is 5.91 Å². The lowest BCUT2D eigenvalue weighted by atomic mass is 10.1. The number of ether oxygens (including phenoxy) is 2. The van der Waals surface area contributed by atoms with Crippen molar-refractivity contribution in [2.24, 2.45) is 0 Å². The van der Waals surface area contributed by atoms with Crippen LogP contribution in [-0.2, 0) is 14.3 Å². The Bertz CT molecular complexity index is 765. The standard InChI is InChI=1S/C16H17BrN2O5S/c1-4-24-12-7-10(17)5-9(14(12)21)6-11-15(22)18(2)16(25)19(11)8-13(20)23-3/h5-7,21H,4,8H2,1-3H3. The minimum atomic E-state index is -0.537. The number of thiocarbonyl (C=S) groups is 1. The molecule has 0 saturated carbocycles. The van der Waals surface area contributed by atoms with E-state index in [1.807, 2.05) is 0 Å². The number of esters is 1. The van der Waals surface area contributed by atoms with Gasteiger partial charge in [0.05, 0.1) is 13.7 Å². The summed E-state index contributed by atoms with van der Waals surface area (Å²) in [5.74, 6) is -0.746. The number of carbonyl (C=O) groups excluding carboxylic acids is 2. The molecule has 0 aliphatic carbocycles. The summed E-state index contributed by atoms with van der Waals surface area (Å²) in [6, 6.07) is 3.26. The third-order valence-corrected chi connectivity index (χ3v) is 4.46. The van der Waals surface area contributed by atoms with Crippen LogP contribution >= 0.6 is 28.1 Å². The number of halogens is 1. The second kappa shape index (κ2) is 7.83. The summed E-state index contributed by atoms with van der Waals surface area (Å²) in [5, 5.41) is 10.6. The summed E-state index contributed by atoms with van der Waals surface area (Å²) in [6.45, 7) is 1.97. The monoisotopic (exact) mass is 428 g/mol. The number of nitrogens with zero attached hydrogens (tertiary/aromatic N) is 2. The number of phenolic OH excluding ortho intramolecular Hbond substituents is 1. The molecule has 0 spiro atoms. The molecule has 134 valence electrons. The van der Waals surface area contributed by atoms with Gasteiger partial charge < -0.3 is 19.5 Å². The summed E-state index contributed by atoms with van der Waals surface area (Å²) in [7, 11) is 2.77. The maximum Gasteiger partial charge on any atom is 0.325 e. The Balaban J connectivity index is 2.51. The topological polar surface area (TPSA) is 79.3 Å². The highest BCUT2D eigenvalue weighted by atomic mass is 79.9. The number of likely N-dealkylation sites (N-methyl/N-ethyl adjacent to an activating group) is 1. The van der Waals surface area contributed by atoms with E-state index in [-0.39, 0.29) is 34.8 Å². The minimum Gasteiger partial charge on any atom is -0.504 e. The van der Waals surface area contributed by atoms with Crippen molar-refractivity contribution < 1.29 is 24.2 Å². The number of methoxy groups -OCH3 is 1. The van der Waals surface area contributed by atoms with Crippen molar-refractivity contribution in [3.8, 4) is 11.5 Å². The molecular formula is C16H17BrN2O5S. The van der Waals surface area contributed by atoms with Crippen molar-refractivity contribution in [2.75, 3.05) is 27.3 Å². The van der Waals surface area contributed by atoms with Gasteiger partial charge in [0, 0.05) is 17.1 Å². The molecule has 0 atom stereocenters. The lowest BCUT2D eigenvalue weighted by Gasteiger charge is -2.17. The molecule has 1 aromatic carbocycles. The Morgan fingerprint density at radius 2 is 2.12 bits per heavy atom. The number of benzene rings is 1. The molecular weight excluding hydrogens is 412 g/mol. The summed E-state index contributed by atoms with van der Waals surface area (Å²) < 4.78 is 10.7. The van der Waals surface area contributed by atoms with Gasteiger partial charge in [-0.05, 0) is 37.4 Å². The Kier molecular flexibility index (Phi) is 6.02. The third kappa shape index (κ3) is 3.93. The van der Waals surface area contributed by atoms with Gasteiger partial charge >= 0.3 is 5.97 Å². The normalized spacial score (nSPS) is 15.9. The molecule has 0 bridgehead atoms. The fourth-order valence-corrected chi connectivity index (χ4v) is 2.96. The van der Waals surface area contributed by atoms with E-state index in [1.165, 1.54) is 30.0 Å². The highest BCUT2D eigenvalue weighted by Gasteiger charge is 2.37. The summed E-state index contributed by atoms with van der Waals surface area (Å²) in [4.78, 5) is 26.7. The van der Waals surface area contributed by atoms with Gasteiger partial charge in [-0.3, -0.25) is 14.5 Å². The van der Waals surface area contributed by atoms with Crippen molar-refractivity contribution in [1.82, 2.24) is 9.80 Å². The average molecular weight is 429 g/mol. The van der Waals surface area contributed by atoms with Gasteiger partial charge in [-0.15, -0.1) is 0 Å². The maximum absolute atomic E-state index is 12.5. The highest BCUT2D eigenvalue weighted by molar-refractivity contribution is 9.10. The predicted molar refractivity (Wildman–Crippen MR) is 99.0 cm³/mol. The molecule has 1 heterocycles. The Labute approximate surface area is 158 Å². The summed E-state index contributed by atoms with van der Waals surface area (Å²) in [6.07, 6.45) is 1.46. The van der Waals surface area contributed by atoms with E-state index in [2.05, 4.69) is 20.7 Å². The quantitative estimate of drug-likeness (QED) is 0.437. The van der Waals surface area contributed by atoms with Gasteiger partial charge in [0.2, 0.25) is 0 Å². The lowest BCUT2D eigenvalue weighted by molar-refractivity contribution is -0.140. The Hall–Kier alpha value is -2.13. The molecule has 1 aromatic rings. The van der Waals surface area contributed by atoms with Crippen LogP contribution in [0.5, 0.6) is 11.5 Å². The van der Waals surface area contributed by atoms with Crippen LogP contribution in [0.2, 0.25) is 0 Å². The van der Waals surface area contributed by atoms with Crippen LogP contribution in [0.1, 0.15) is 12.5 Å². The first-order valence-corrected chi connectivity index (χ1v) is 8.53. The highest BCUT2D eigenvalue weighted by Crippen LogP contribution is 2.36. The van der Waals surface area contributed by atoms with E-state index in [1.54, 1.807) is 19.1 Å². The molecule has 25 heavy (non-hydrogen) atoms. The second-order valence-corrected chi connectivity index (χ2v) is 6.39. The molecule has 1 amide bonds. The van der Waals surface area contributed by atoms with Crippen LogP contribution < -0.4 is 4.74 Å². The van der Waals surface area contributed by atoms with Crippen molar-refractivity contribution in [2.45, 2.75) is 6.92 Å². The zero-order chi connectivity index (χ0) is 18.7. The predicted octanol–water partition coefficient (Wildman–Crippen LogP) is 2.13. The number of carbonyl (C=O) groups is 2. The molecule has 9 heteroatoms. The van der Waals surface area contributed by atoms with E-state index in [0.717, 1.165) is 0 Å². The first-order valence-electron chi connectivity index (χ1n) is 7.33. The number of hydrogen-bond donors (Lipinski definition) is 1. The Morgan fingerprint density at radius 1 is 1.44 bits per heavy atom. The first-order chi connectivity index (χ1) is 11.8. The molecule has 1 saturated heterocycles. The van der Waals surface area contributed by atoms with Crippen LogP contribution in [0.15, 0.2) is 22.3 Å². The second-order valence-electron chi connectivity index (χ2n) is 5.11. The molecule has 7 nitrogen and oxygen atoms in total. The number of amides is 1. The van der Waals surface area contributed by atoms with Crippen molar-refractivity contribution in [1.29, 1.82) is 0 Å². The van der Waals surface area contributed by atoms with Crippen LogP contribution in [-0.4, -0.2) is 59.2 Å². The van der Waals surface area contributed by atoms with E-state index in [4.69, 9.17) is 17.0 Å². The molecule has 1 N–H and O–H groups in total. The molecule has 0 radical (unpaired) electrons. The van der Waals surface area contributed by atoms with Crippen LogP contribution in [0, 0.1) is 0 Å². The van der Waals surface area contributed by atoms with E-state index in [0.29, 0.717) is 16.6 Å². The van der Waals surface area contributed by atoms with Crippen LogP contribution in [0.3, 0.4) is 0 Å². The van der Waals surface area contributed by atoms with Gasteiger partial charge in [-0.1, -0.05) is 15.9 Å². The first kappa shape index (κ1) is 19.2. The summed E-state index contributed by atoms with van der Waals surface area (Å²) in [5.41, 5.74) is 0.517. The van der Waals surface area contributed by atoms with E-state index >= 15 is 0 Å². The van der Waals surface area contributed by atoms with Crippen LogP contribution in [0.4, 0.5) is 0 Å². The lowest BCUT2D eigenvalue weighted by Crippen LogP contribution is -2.33. The van der Waals surface area contributed by atoms with Gasteiger partial charge in [-0.2, -0.15) is 0 Å². The van der Waals surface area contributed by atoms with E-state index < -0.39 is 5.97 Å². The molecule has 1 aliphatic rings. The summed E-state index contributed by atoms with van der Waals surface area (Å²) >= 11 is 8.55. The molecule has 0 aromatic heterocycles. The van der Waals surface area contributed by atoms with Crippen LogP contribution in [0.25, 0.3) is 6.08 Å². The molecule has 0 unspecified atom stereocenters. The number of phenols is 1. The molecule has 2 rings (SSSR count). The smallest absolute Gasteiger partial charge is 0.325 e. The Morgan fingerprint density at radius 3 is 2.72 bits per heavy atom. The number of hydrogen-bond acceptors (Lipinski definition) is 6. The fourth-order valence-electron chi connectivity index (χ4n) is 2.26. The maximum atomic E-state index is 12.5. The molecule has 1 aliphatic heterocycles. The third-order valence-electron chi connectivity index (χ3n) is 3.51. The van der Waals surface area contributed by atoms with Gasteiger partial charge in [0.15, 0.2) is 16.6 Å². The SMILES string of the molecule is CCOc1cc(Br)cc(C=C2C(=O)N(C)C(=S)N2CC(=O)OC)c1O. The minimum absolute atomic E-state index is 0.108. The van der Waals surface area contributed by atoms with Crippen molar-refractivity contribution >= 4 is 51.2 Å². The van der Waals surface area contributed by atoms with E-state index in [9.17, 15) is 14.7 Å². The number of aromatic hydroxyl groups is 1. The average Bonchev–Trinajstić information content (AvgIpc) is 2.77.